The Balaban J connectivity index is 1.06. The van der Waals surface area contributed by atoms with Crippen molar-refractivity contribution in [3.8, 4) is 0 Å². The van der Waals surface area contributed by atoms with E-state index in [1.54, 1.807) is 12.1 Å². The Labute approximate surface area is 263 Å². The summed E-state index contributed by atoms with van der Waals surface area (Å²) >= 11 is 0. The van der Waals surface area contributed by atoms with Crippen LogP contribution < -0.4 is 10.6 Å². The molecule has 4 rings (SSSR count). The first kappa shape index (κ1) is 33.2. The zero-order valence-electron chi connectivity index (χ0n) is 26.3. The zero-order chi connectivity index (χ0) is 31.0. The van der Waals surface area contributed by atoms with Gasteiger partial charge in [-0.05, 0) is 74.9 Å². The first-order valence-electron chi connectivity index (χ1n) is 16.9. The van der Waals surface area contributed by atoms with Gasteiger partial charge in [-0.2, -0.15) is 0 Å². The normalized spacial score (nSPS) is 15.6. The molecule has 2 fully saturated rings. The van der Waals surface area contributed by atoms with Crippen LogP contribution in [0.2, 0.25) is 0 Å². The summed E-state index contributed by atoms with van der Waals surface area (Å²) < 4.78 is 0. The summed E-state index contributed by atoms with van der Waals surface area (Å²) in [5, 5.41) is 5.90. The van der Waals surface area contributed by atoms with Crippen LogP contribution in [0.5, 0.6) is 0 Å². The fraction of sp³-hybridized carbons (Fsp3) is 0.556. The number of nitrogens with one attached hydrogen (secondary N) is 2. The molecule has 2 heterocycles. The lowest BCUT2D eigenvalue weighted by molar-refractivity contribution is -0.117. The number of likely N-dealkylation sites (tertiary alicyclic amines) is 2. The smallest absolute Gasteiger partial charge is 0.253 e. The second-order valence-electron chi connectivity index (χ2n) is 12.3. The maximum Gasteiger partial charge on any atom is 0.253 e. The number of rotatable bonds is 13. The predicted molar refractivity (Wildman–Crippen MR) is 176 cm³/mol. The van der Waals surface area contributed by atoms with Crippen molar-refractivity contribution < 1.29 is 19.2 Å². The maximum atomic E-state index is 12.9. The van der Waals surface area contributed by atoms with E-state index in [1.165, 1.54) is 25.7 Å². The first-order valence-corrected chi connectivity index (χ1v) is 16.9. The maximum absolute atomic E-state index is 12.9. The molecule has 8 heteroatoms. The number of benzene rings is 2. The van der Waals surface area contributed by atoms with Crippen molar-refractivity contribution in [3.05, 3.63) is 59.7 Å². The van der Waals surface area contributed by atoms with Crippen molar-refractivity contribution in [3.63, 3.8) is 0 Å². The highest BCUT2D eigenvalue weighted by Crippen LogP contribution is 2.19. The molecule has 8 nitrogen and oxygen atoms in total. The molecule has 2 aromatic rings. The van der Waals surface area contributed by atoms with Gasteiger partial charge in [-0.15, -0.1) is 0 Å². The number of hydrogen-bond acceptors (Lipinski definition) is 4. The van der Waals surface area contributed by atoms with Gasteiger partial charge < -0.3 is 20.4 Å². The minimum atomic E-state index is -0.0294. The minimum Gasteiger partial charge on any atom is -0.339 e. The lowest BCUT2D eigenvalue weighted by Gasteiger charge is -2.20. The number of hydrogen-bond donors (Lipinski definition) is 2. The van der Waals surface area contributed by atoms with Crippen LogP contribution in [0.1, 0.15) is 123 Å². The topological polar surface area (TPSA) is 98.8 Å². The highest BCUT2D eigenvalue weighted by molar-refractivity contribution is 5.98. The Bertz CT molecular complexity index is 1130. The number of carbonyl (C=O) groups is 4. The van der Waals surface area contributed by atoms with Crippen molar-refractivity contribution in [1.29, 1.82) is 0 Å². The van der Waals surface area contributed by atoms with Gasteiger partial charge in [0, 0.05) is 61.5 Å². The number of carbonyl (C=O) groups excluding carboxylic acids is 4. The molecule has 0 saturated carbocycles. The summed E-state index contributed by atoms with van der Waals surface area (Å²) in [5.74, 6) is 0.0332. The Morgan fingerprint density at radius 1 is 0.500 bits per heavy atom. The Hall–Kier alpha value is -3.68. The van der Waals surface area contributed by atoms with Gasteiger partial charge in [-0.1, -0.05) is 63.5 Å². The molecule has 0 radical (unpaired) electrons. The van der Waals surface area contributed by atoms with E-state index in [9.17, 15) is 19.2 Å². The molecular formula is C36H50N4O4. The highest BCUT2D eigenvalue weighted by Gasteiger charge is 2.19. The van der Waals surface area contributed by atoms with Crippen molar-refractivity contribution in [2.24, 2.45) is 0 Å². The fourth-order valence-corrected chi connectivity index (χ4v) is 6.10. The second-order valence-corrected chi connectivity index (χ2v) is 12.3. The Morgan fingerprint density at radius 3 is 1.25 bits per heavy atom. The summed E-state index contributed by atoms with van der Waals surface area (Å²) in [6.07, 6.45) is 15.4. The van der Waals surface area contributed by atoms with Crippen molar-refractivity contribution in [2.45, 2.75) is 103 Å². The van der Waals surface area contributed by atoms with Gasteiger partial charge in [0.1, 0.15) is 0 Å². The van der Waals surface area contributed by atoms with Gasteiger partial charge in [0.2, 0.25) is 11.8 Å². The molecule has 2 aliphatic rings. The monoisotopic (exact) mass is 602 g/mol. The zero-order valence-corrected chi connectivity index (χ0v) is 26.3. The molecule has 0 bridgehead atoms. The molecule has 4 amide bonds. The van der Waals surface area contributed by atoms with E-state index in [0.29, 0.717) is 35.3 Å². The summed E-state index contributed by atoms with van der Waals surface area (Å²) in [6.45, 7) is 3.22. The van der Waals surface area contributed by atoms with E-state index in [2.05, 4.69) is 10.6 Å². The molecule has 0 aliphatic carbocycles. The third-order valence-corrected chi connectivity index (χ3v) is 8.63. The minimum absolute atomic E-state index is 0.0294. The van der Waals surface area contributed by atoms with E-state index in [0.717, 1.165) is 90.4 Å². The molecule has 238 valence electrons. The fourth-order valence-electron chi connectivity index (χ4n) is 6.10. The van der Waals surface area contributed by atoms with Crippen LogP contribution in [0.4, 0.5) is 11.4 Å². The lowest BCUT2D eigenvalue weighted by Crippen LogP contribution is -2.31. The van der Waals surface area contributed by atoms with Crippen LogP contribution in [0.3, 0.4) is 0 Å². The van der Waals surface area contributed by atoms with Crippen LogP contribution >= 0.6 is 0 Å². The van der Waals surface area contributed by atoms with Gasteiger partial charge in [-0.3, -0.25) is 19.2 Å². The lowest BCUT2D eigenvalue weighted by atomic mass is 10.1. The van der Waals surface area contributed by atoms with Crippen LogP contribution in [0.25, 0.3) is 0 Å². The quantitative estimate of drug-likeness (QED) is 0.233. The SMILES string of the molecule is O=C(CCCCCCCCC(=O)Nc1cccc(C(=O)N2CCCCCC2)c1)Nc1cccc(C(=O)N2CCCCCC2)c1. The van der Waals surface area contributed by atoms with Gasteiger partial charge in [-0.25, -0.2) is 0 Å². The largest absolute Gasteiger partial charge is 0.339 e. The molecule has 0 spiro atoms. The molecule has 44 heavy (non-hydrogen) atoms. The summed E-state index contributed by atoms with van der Waals surface area (Å²) in [7, 11) is 0. The molecule has 2 N–H and O–H groups in total. The molecule has 2 saturated heterocycles. The van der Waals surface area contributed by atoms with Crippen LogP contribution in [-0.2, 0) is 9.59 Å². The number of nitrogens with zero attached hydrogens (tertiary/aromatic N) is 2. The van der Waals surface area contributed by atoms with Crippen LogP contribution in [0, 0.1) is 0 Å². The van der Waals surface area contributed by atoms with Gasteiger partial charge in [0.15, 0.2) is 0 Å². The molecule has 0 atom stereocenters. The van der Waals surface area contributed by atoms with E-state index < -0.39 is 0 Å². The Kier molecular flexibility index (Phi) is 13.7. The highest BCUT2D eigenvalue weighted by atomic mass is 16.2. The third kappa shape index (κ3) is 11.1. The van der Waals surface area contributed by atoms with Crippen molar-refractivity contribution in [2.75, 3.05) is 36.8 Å². The van der Waals surface area contributed by atoms with E-state index in [1.807, 2.05) is 46.2 Å². The molecule has 2 aliphatic heterocycles. The number of unbranched alkanes of at least 4 members (excludes halogenated alkanes) is 5. The molecule has 0 unspecified atom stereocenters. The average Bonchev–Trinajstić information content (AvgIpc) is 3.48. The molecule has 0 aromatic heterocycles. The van der Waals surface area contributed by atoms with Crippen molar-refractivity contribution in [1.82, 2.24) is 9.80 Å². The van der Waals surface area contributed by atoms with Gasteiger partial charge in [0.05, 0.1) is 0 Å². The first-order chi connectivity index (χ1) is 21.5. The average molecular weight is 603 g/mol. The van der Waals surface area contributed by atoms with E-state index in [4.69, 9.17) is 0 Å². The van der Waals surface area contributed by atoms with Crippen LogP contribution in [-0.4, -0.2) is 59.6 Å². The van der Waals surface area contributed by atoms with Gasteiger partial charge in [0.25, 0.3) is 11.8 Å². The van der Waals surface area contributed by atoms with E-state index in [-0.39, 0.29) is 23.6 Å². The van der Waals surface area contributed by atoms with E-state index >= 15 is 0 Å². The predicted octanol–water partition coefficient (Wildman–Crippen LogP) is 7.42. The third-order valence-electron chi connectivity index (χ3n) is 8.63. The molecule has 2 aromatic carbocycles. The Morgan fingerprint density at radius 2 is 0.864 bits per heavy atom. The number of anilines is 2. The van der Waals surface area contributed by atoms with Crippen LogP contribution in [0.15, 0.2) is 48.5 Å². The van der Waals surface area contributed by atoms with Gasteiger partial charge >= 0.3 is 0 Å². The van der Waals surface area contributed by atoms with Crippen molar-refractivity contribution >= 4 is 35.0 Å². The second kappa shape index (κ2) is 18.2. The standard InChI is InChI=1S/C36H50N4O4/c41-33(37-31-19-15-17-29(27-31)35(43)39-23-11-5-6-12-24-39)21-9-3-1-2-4-10-22-34(42)38-32-20-16-18-30(28-32)36(44)40-25-13-7-8-14-26-40/h15-20,27-28H,1-14,21-26H2,(H,37,41)(H,38,42). The summed E-state index contributed by atoms with van der Waals surface area (Å²) in [6, 6.07) is 14.5. The molecular weight excluding hydrogens is 552 g/mol. The summed E-state index contributed by atoms with van der Waals surface area (Å²) in [4.78, 5) is 54.6. The summed E-state index contributed by atoms with van der Waals surface area (Å²) in [5.41, 5.74) is 2.60. The number of amides is 4.